The molecule has 0 bridgehead atoms. The number of carbonyl (C=O) groups is 1. The number of benzene rings is 2. The lowest BCUT2D eigenvalue weighted by molar-refractivity contribution is 0.0968. The molecule has 13 heteroatoms. The molecule has 4 aromatic rings. The molecular weight excluding hydrogens is 537 g/mol. The van der Waals surface area contributed by atoms with Crippen LogP contribution in [-0.4, -0.2) is 46.7 Å². The highest BCUT2D eigenvalue weighted by Gasteiger charge is 2.28. The second kappa shape index (κ2) is 10.5. The number of halogens is 2. The van der Waals surface area contributed by atoms with Gasteiger partial charge in [0.15, 0.2) is 11.6 Å². The zero-order chi connectivity index (χ0) is 26.1. The molecule has 0 saturated carbocycles. The fourth-order valence-electron chi connectivity index (χ4n) is 4.37. The Balaban J connectivity index is 1.65. The molecule has 2 aromatic carbocycles. The van der Waals surface area contributed by atoms with Crippen LogP contribution in [0.25, 0.3) is 21.9 Å². The lowest BCUT2D eigenvalue weighted by Crippen LogP contribution is -2.31. The van der Waals surface area contributed by atoms with E-state index in [2.05, 4.69) is 29.7 Å². The molecule has 0 saturated heterocycles. The summed E-state index contributed by atoms with van der Waals surface area (Å²) >= 11 is 12.7. The Bertz CT molecular complexity index is 1680. The molecule has 0 aliphatic carbocycles. The third-order valence-corrected chi connectivity index (χ3v) is 6.90. The molecule has 2 N–H and O–H groups in total. The SMILES string of the molecule is CCC[C@@H](c1nc2cc(Cl)ccc2[nH]1)N(N=S(=O)=O)c1ncnc2cc(C(=O)C3C=CCN3)c(Cl)cc12. The van der Waals surface area contributed by atoms with E-state index in [1.54, 1.807) is 36.4 Å². The summed E-state index contributed by atoms with van der Waals surface area (Å²) in [7, 11) is -2.80. The summed E-state index contributed by atoms with van der Waals surface area (Å²) in [5, 5.41) is 5.55. The first-order chi connectivity index (χ1) is 17.9. The molecule has 0 spiro atoms. The second-order valence-electron chi connectivity index (χ2n) is 8.46. The molecule has 5 rings (SSSR count). The van der Waals surface area contributed by atoms with Gasteiger partial charge < -0.3 is 10.3 Å². The average Bonchev–Trinajstić information content (AvgIpc) is 3.55. The molecule has 2 atom stereocenters. The number of carbonyl (C=O) groups excluding carboxylic acids is 1. The van der Waals surface area contributed by atoms with Crippen LogP contribution in [0.5, 0.6) is 0 Å². The van der Waals surface area contributed by atoms with Gasteiger partial charge in [-0.3, -0.25) is 4.79 Å². The first kappa shape index (κ1) is 25.3. The number of fused-ring (bicyclic) bond motifs is 2. The van der Waals surface area contributed by atoms with E-state index in [1.165, 1.54) is 11.3 Å². The predicted octanol–water partition coefficient (Wildman–Crippen LogP) is 4.85. The fraction of sp³-hybridized carbons (Fsp3) is 0.250. The number of imidazole rings is 1. The first-order valence-electron chi connectivity index (χ1n) is 11.5. The molecule has 10 nitrogen and oxygen atoms in total. The third kappa shape index (κ3) is 5.08. The van der Waals surface area contributed by atoms with Gasteiger partial charge in [0.25, 0.3) is 0 Å². The number of Topliss-reactive ketones (excluding diaryl/α,β-unsaturated/α-hetero) is 1. The summed E-state index contributed by atoms with van der Waals surface area (Å²) in [6.45, 7) is 2.57. The van der Waals surface area contributed by atoms with E-state index < -0.39 is 22.6 Å². The molecule has 0 amide bonds. The smallest absolute Gasteiger partial charge is 0.333 e. The van der Waals surface area contributed by atoms with Gasteiger partial charge in [-0.05, 0) is 41.2 Å². The van der Waals surface area contributed by atoms with Crippen molar-refractivity contribution in [2.24, 2.45) is 4.47 Å². The number of H-pyrrole nitrogens is 1. The van der Waals surface area contributed by atoms with Gasteiger partial charge >= 0.3 is 10.5 Å². The van der Waals surface area contributed by atoms with Crippen LogP contribution in [0.3, 0.4) is 0 Å². The van der Waals surface area contributed by atoms with Crippen molar-refractivity contribution >= 4 is 67.2 Å². The summed E-state index contributed by atoms with van der Waals surface area (Å²) in [6.07, 6.45) is 6.16. The maximum Gasteiger partial charge on any atom is 0.333 e. The van der Waals surface area contributed by atoms with E-state index in [9.17, 15) is 13.2 Å². The normalized spacial score (nSPS) is 15.8. The first-order valence-corrected chi connectivity index (χ1v) is 13.3. The lowest BCUT2D eigenvalue weighted by atomic mass is 10.0. The molecule has 1 aliphatic rings. The summed E-state index contributed by atoms with van der Waals surface area (Å²) in [6, 6.07) is 7.34. The number of ketones is 1. The van der Waals surface area contributed by atoms with Gasteiger partial charge in [-0.15, -0.1) is 0 Å². The largest absolute Gasteiger partial charge is 0.340 e. The topological polar surface area (TPSA) is 133 Å². The number of anilines is 1. The minimum absolute atomic E-state index is 0.187. The summed E-state index contributed by atoms with van der Waals surface area (Å²) in [5.41, 5.74) is 2.11. The van der Waals surface area contributed by atoms with Crippen molar-refractivity contribution in [3.05, 3.63) is 70.2 Å². The Morgan fingerprint density at radius 1 is 1.22 bits per heavy atom. The maximum atomic E-state index is 13.0. The standard InChI is InChI=1S/C24H21Cl2N7O3S/c1-2-4-21(23-30-17-7-6-13(25)9-20(17)31-23)33(32-37(35)36)24-15-10-16(26)14(11-19(15)28-12-29-24)22(34)18-5-3-8-27-18/h3,5-7,9-12,18,21,27H,2,4,8H2,1H3,(H,30,31)/t18?,21-/m0/s1. The minimum Gasteiger partial charge on any atom is -0.340 e. The highest BCUT2D eigenvalue weighted by atomic mass is 35.5. The molecule has 37 heavy (non-hydrogen) atoms. The van der Waals surface area contributed by atoms with Gasteiger partial charge in [0, 0.05) is 22.5 Å². The van der Waals surface area contributed by atoms with Crippen LogP contribution in [0.15, 0.2) is 53.3 Å². The highest BCUT2D eigenvalue weighted by molar-refractivity contribution is 7.61. The van der Waals surface area contributed by atoms with Gasteiger partial charge in [0.1, 0.15) is 18.2 Å². The van der Waals surface area contributed by atoms with E-state index in [-0.39, 0.29) is 16.6 Å². The lowest BCUT2D eigenvalue weighted by Gasteiger charge is -2.26. The molecular formula is C24H21Cl2N7O3S. The average molecular weight is 558 g/mol. The Morgan fingerprint density at radius 2 is 2.05 bits per heavy atom. The summed E-state index contributed by atoms with van der Waals surface area (Å²) in [4.78, 5) is 29.6. The van der Waals surface area contributed by atoms with Crippen molar-refractivity contribution in [2.45, 2.75) is 31.8 Å². The van der Waals surface area contributed by atoms with Crippen LogP contribution >= 0.6 is 23.2 Å². The van der Waals surface area contributed by atoms with Crippen molar-refractivity contribution in [3.8, 4) is 0 Å². The van der Waals surface area contributed by atoms with Crippen LogP contribution in [0.2, 0.25) is 10.0 Å². The van der Waals surface area contributed by atoms with E-state index >= 15 is 0 Å². The number of nitrogens with zero attached hydrogens (tertiary/aromatic N) is 5. The molecule has 1 unspecified atom stereocenters. The van der Waals surface area contributed by atoms with Gasteiger partial charge in [-0.25, -0.2) is 20.0 Å². The highest BCUT2D eigenvalue weighted by Crippen LogP contribution is 2.36. The van der Waals surface area contributed by atoms with Crippen LogP contribution in [0.4, 0.5) is 5.82 Å². The van der Waals surface area contributed by atoms with Gasteiger partial charge in [-0.2, -0.15) is 8.42 Å². The number of rotatable bonds is 8. The number of nitrogens with one attached hydrogen (secondary N) is 2. The van der Waals surface area contributed by atoms with E-state index in [0.29, 0.717) is 52.2 Å². The van der Waals surface area contributed by atoms with Gasteiger partial charge in [0.2, 0.25) is 0 Å². The van der Waals surface area contributed by atoms with Crippen molar-refractivity contribution in [2.75, 3.05) is 11.6 Å². The third-order valence-electron chi connectivity index (χ3n) is 6.04. The molecule has 0 fully saturated rings. The molecule has 0 radical (unpaired) electrons. The number of aromatic amines is 1. The quantitative estimate of drug-likeness (QED) is 0.178. The van der Waals surface area contributed by atoms with Crippen molar-refractivity contribution in [1.29, 1.82) is 0 Å². The van der Waals surface area contributed by atoms with Crippen LogP contribution in [0, 0.1) is 0 Å². The number of aromatic nitrogens is 4. The van der Waals surface area contributed by atoms with Crippen molar-refractivity contribution in [3.63, 3.8) is 0 Å². The minimum atomic E-state index is -2.80. The zero-order valence-electron chi connectivity index (χ0n) is 19.5. The predicted molar refractivity (Wildman–Crippen MR) is 142 cm³/mol. The summed E-state index contributed by atoms with van der Waals surface area (Å²) < 4.78 is 27.6. The zero-order valence-corrected chi connectivity index (χ0v) is 21.8. The van der Waals surface area contributed by atoms with E-state index in [4.69, 9.17) is 23.2 Å². The molecule has 2 aromatic heterocycles. The van der Waals surface area contributed by atoms with Crippen molar-refractivity contribution in [1.82, 2.24) is 25.3 Å². The fourth-order valence-corrected chi connectivity index (χ4v) is 5.13. The molecule has 3 heterocycles. The molecule has 190 valence electrons. The number of hydrogen-bond acceptors (Lipinski definition) is 8. The Kier molecular flexibility index (Phi) is 7.20. The van der Waals surface area contributed by atoms with Crippen LogP contribution < -0.4 is 10.3 Å². The van der Waals surface area contributed by atoms with E-state index in [1.807, 2.05) is 13.0 Å². The Hall–Kier alpha value is -3.38. The second-order valence-corrected chi connectivity index (χ2v) is 9.90. The van der Waals surface area contributed by atoms with Crippen LogP contribution in [-0.2, 0) is 10.5 Å². The molecule has 1 aliphatic heterocycles. The van der Waals surface area contributed by atoms with Gasteiger partial charge in [-0.1, -0.05) is 48.7 Å². The van der Waals surface area contributed by atoms with Crippen molar-refractivity contribution < 1.29 is 13.2 Å². The Morgan fingerprint density at radius 3 is 2.78 bits per heavy atom. The van der Waals surface area contributed by atoms with Crippen LogP contribution in [0.1, 0.15) is 42.0 Å². The monoisotopic (exact) mass is 557 g/mol. The van der Waals surface area contributed by atoms with Gasteiger partial charge in [0.05, 0.1) is 27.6 Å². The summed E-state index contributed by atoms with van der Waals surface area (Å²) in [5.74, 6) is 0.524. The Labute approximate surface area is 223 Å². The maximum absolute atomic E-state index is 13.0. The van der Waals surface area contributed by atoms with E-state index in [0.717, 1.165) is 5.52 Å². The number of hydrogen-bond donors (Lipinski definition) is 2.